The minimum atomic E-state index is -0.354. The standard InChI is InChI=1S/C13H22O2S/c1-4-5-6-7-8-9-13(3)11(14)10(2)12(15)16-13/h14H,4-9H2,1-3H3. The first kappa shape index (κ1) is 13.6. The van der Waals surface area contributed by atoms with E-state index in [1.807, 2.05) is 6.92 Å². The number of aliphatic hydroxyl groups excluding tert-OH is 1. The van der Waals surface area contributed by atoms with Crippen molar-refractivity contribution in [3.8, 4) is 0 Å². The summed E-state index contributed by atoms with van der Waals surface area (Å²) in [6, 6.07) is 0. The average molecular weight is 242 g/mol. The molecule has 0 spiro atoms. The summed E-state index contributed by atoms with van der Waals surface area (Å²) < 4.78 is -0.354. The fraction of sp³-hybridized carbons (Fsp3) is 0.769. The highest BCUT2D eigenvalue weighted by molar-refractivity contribution is 8.15. The van der Waals surface area contributed by atoms with Gasteiger partial charge in [-0.25, -0.2) is 0 Å². The van der Waals surface area contributed by atoms with E-state index in [0.29, 0.717) is 11.3 Å². The van der Waals surface area contributed by atoms with E-state index in [0.717, 1.165) is 12.8 Å². The molecule has 0 aromatic heterocycles. The third kappa shape index (κ3) is 3.03. The molecule has 1 unspecified atom stereocenters. The maximum atomic E-state index is 11.5. The van der Waals surface area contributed by atoms with E-state index in [2.05, 4.69) is 6.92 Å². The average Bonchev–Trinajstić information content (AvgIpc) is 2.43. The third-order valence-electron chi connectivity index (χ3n) is 3.24. The fourth-order valence-corrected chi connectivity index (χ4v) is 3.21. The van der Waals surface area contributed by atoms with Gasteiger partial charge in [-0.05, 0) is 20.3 Å². The van der Waals surface area contributed by atoms with Gasteiger partial charge in [-0.3, -0.25) is 4.79 Å². The first-order valence-electron chi connectivity index (χ1n) is 6.15. The van der Waals surface area contributed by atoms with Gasteiger partial charge < -0.3 is 5.11 Å². The van der Waals surface area contributed by atoms with Gasteiger partial charge in [0.05, 0.1) is 4.75 Å². The van der Waals surface area contributed by atoms with Crippen LogP contribution in [0.2, 0.25) is 0 Å². The second kappa shape index (κ2) is 5.76. The quantitative estimate of drug-likeness (QED) is 0.709. The molecule has 0 bridgehead atoms. The Balaban J connectivity index is 2.40. The highest BCUT2D eigenvalue weighted by Gasteiger charge is 2.40. The van der Waals surface area contributed by atoms with Gasteiger partial charge in [-0.1, -0.05) is 50.8 Å². The van der Waals surface area contributed by atoms with Crippen molar-refractivity contribution in [2.24, 2.45) is 0 Å². The molecule has 16 heavy (non-hydrogen) atoms. The SMILES string of the molecule is CCCCCCCC1(C)SC(=O)C(C)=C1O. The largest absolute Gasteiger partial charge is 0.510 e. The van der Waals surface area contributed by atoms with Crippen LogP contribution < -0.4 is 0 Å². The van der Waals surface area contributed by atoms with Crippen LogP contribution in [0.1, 0.15) is 59.3 Å². The van der Waals surface area contributed by atoms with Gasteiger partial charge in [0.25, 0.3) is 0 Å². The number of hydrogen-bond donors (Lipinski definition) is 1. The summed E-state index contributed by atoms with van der Waals surface area (Å²) in [6.45, 7) is 5.89. The minimum Gasteiger partial charge on any atom is -0.510 e. The number of unbranched alkanes of at least 4 members (excludes halogenated alkanes) is 4. The Bertz CT molecular complexity index is 296. The lowest BCUT2D eigenvalue weighted by Gasteiger charge is -2.22. The van der Waals surface area contributed by atoms with Crippen LogP contribution in [-0.4, -0.2) is 15.0 Å². The van der Waals surface area contributed by atoms with Crippen molar-refractivity contribution in [2.75, 3.05) is 0 Å². The summed E-state index contributed by atoms with van der Waals surface area (Å²) in [5.74, 6) is 0.304. The van der Waals surface area contributed by atoms with E-state index in [1.165, 1.54) is 37.4 Å². The number of carbonyl (C=O) groups is 1. The molecule has 2 nitrogen and oxygen atoms in total. The highest BCUT2D eigenvalue weighted by atomic mass is 32.2. The lowest BCUT2D eigenvalue weighted by atomic mass is 9.97. The van der Waals surface area contributed by atoms with Crippen molar-refractivity contribution in [1.29, 1.82) is 0 Å². The molecule has 0 fully saturated rings. The van der Waals surface area contributed by atoms with E-state index < -0.39 is 0 Å². The molecule has 1 aliphatic rings. The third-order valence-corrected chi connectivity index (χ3v) is 4.58. The Labute approximate surface area is 103 Å². The maximum Gasteiger partial charge on any atom is 0.219 e. The van der Waals surface area contributed by atoms with Gasteiger partial charge in [0.15, 0.2) is 0 Å². The van der Waals surface area contributed by atoms with Gasteiger partial charge in [-0.15, -0.1) is 0 Å². The van der Waals surface area contributed by atoms with Gasteiger partial charge in [0.2, 0.25) is 5.12 Å². The molecule has 0 aromatic carbocycles. The first-order valence-corrected chi connectivity index (χ1v) is 6.96. The Morgan fingerprint density at radius 1 is 1.25 bits per heavy atom. The number of carbonyl (C=O) groups excluding carboxylic acids is 1. The lowest BCUT2D eigenvalue weighted by Crippen LogP contribution is -2.20. The molecule has 0 saturated heterocycles. The number of hydrogen-bond acceptors (Lipinski definition) is 3. The maximum absolute atomic E-state index is 11.5. The van der Waals surface area contributed by atoms with E-state index in [4.69, 9.17) is 0 Å². The van der Waals surface area contributed by atoms with Gasteiger partial charge in [0.1, 0.15) is 5.76 Å². The minimum absolute atomic E-state index is 0.0357. The summed E-state index contributed by atoms with van der Waals surface area (Å²) in [5.41, 5.74) is 0.543. The molecule has 0 aliphatic carbocycles. The van der Waals surface area contributed by atoms with Crippen LogP contribution in [0.15, 0.2) is 11.3 Å². The summed E-state index contributed by atoms with van der Waals surface area (Å²) in [5, 5.41) is 9.96. The molecule has 1 aliphatic heterocycles. The van der Waals surface area contributed by atoms with Crippen LogP contribution in [0, 0.1) is 0 Å². The summed E-state index contributed by atoms with van der Waals surface area (Å²) >= 11 is 1.28. The molecule has 1 N–H and O–H groups in total. The molecule has 0 amide bonds. The van der Waals surface area contributed by atoms with Crippen molar-refractivity contribution in [3.63, 3.8) is 0 Å². The van der Waals surface area contributed by atoms with Crippen LogP contribution in [0.3, 0.4) is 0 Å². The topological polar surface area (TPSA) is 37.3 Å². The highest BCUT2D eigenvalue weighted by Crippen LogP contribution is 2.45. The van der Waals surface area contributed by atoms with Crippen LogP contribution >= 0.6 is 11.8 Å². The second-order valence-corrected chi connectivity index (χ2v) is 6.23. The van der Waals surface area contributed by atoms with E-state index in [9.17, 15) is 9.90 Å². The second-order valence-electron chi connectivity index (χ2n) is 4.76. The number of rotatable bonds is 6. The smallest absolute Gasteiger partial charge is 0.219 e. The molecule has 3 heteroatoms. The molecule has 0 saturated carbocycles. The van der Waals surface area contributed by atoms with Crippen LogP contribution in [0.4, 0.5) is 0 Å². The monoisotopic (exact) mass is 242 g/mol. The fourth-order valence-electron chi connectivity index (χ4n) is 2.06. The van der Waals surface area contributed by atoms with Crippen molar-refractivity contribution in [3.05, 3.63) is 11.3 Å². The zero-order valence-corrected chi connectivity index (χ0v) is 11.3. The molecule has 0 aromatic rings. The Morgan fingerprint density at radius 3 is 2.38 bits per heavy atom. The van der Waals surface area contributed by atoms with E-state index in [-0.39, 0.29) is 9.86 Å². The zero-order chi connectivity index (χ0) is 12.2. The van der Waals surface area contributed by atoms with Crippen molar-refractivity contribution in [2.45, 2.75) is 64.0 Å². The molecule has 92 valence electrons. The first-order chi connectivity index (χ1) is 7.51. The van der Waals surface area contributed by atoms with Crippen LogP contribution in [0.25, 0.3) is 0 Å². The zero-order valence-electron chi connectivity index (χ0n) is 10.5. The van der Waals surface area contributed by atoms with Crippen molar-refractivity contribution in [1.82, 2.24) is 0 Å². The van der Waals surface area contributed by atoms with Crippen LogP contribution in [-0.2, 0) is 4.79 Å². The van der Waals surface area contributed by atoms with Crippen molar-refractivity contribution >= 4 is 16.9 Å². The summed E-state index contributed by atoms with van der Waals surface area (Å²) in [7, 11) is 0. The van der Waals surface area contributed by atoms with Gasteiger partial charge in [-0.2, -0.15) is 0 Å². The summed E-state index contributed by atoms with van der Waals surface area (Å²) in [4.78, 5) is 11.5. The number of aliphatic hydroxyl groups is 1. The Morgan fingerprint density at radius 2 is 1.88 bits per heavy atom. The van der Waals surface area contributed by atoms with Gasteiger partial charge >= 0.3 is 0 Å². The van der Waals surface area contributed by atoms with Crippen LogP contribution in [0.5, 0.6) is 0 Å². The summed E-state index contributed by atoms with van der Waals surface area (Å²) in [6.07, 6.45) is 6.97. The molecule has 1 atom stereocenters. The van der Waals surface area contributed by atoms with E-state index >= 15 is 0 Å². The predicted octanol–water partition coefficient (Wildman–Crippen LogP) is 4.21. The molecular weight excluding hydrogens is 220 g/mol. The van der Waals surface area contributed by atoms with E-state index in [1.54, 1.807) is 6.92 Å². The molecule has 1 heterocycles. The Kier molecular flexibility index (Phi) is 4.90. The van der Waals surface area contributed by atoms with Crippen molar-refractivity contribution < 1.29 is 9.90 Å². The molecular formula is C13H22O2S. The Hall–Kier alpha value is -0.440. The lowest BCUT2D eigenvalue weighted by molar-refractivity contribution is -0.107. The molecule has 1 rings (SSSR count). The predicted molar refractivity (Wildman–Crippen MR) is 69.7 cm³/mol. The van der Waals surface area contributed by atoms with Gasteiger partial charge in [0, 0.05) is 5.57 Å². The normalized spacial score (nSPS) is 25.6. The number of thioether (sulfide) groups is 1. The molecule has 0 radical (unpaired) electrons.